The van der Waals surface area contributed by atoms with Crippen molar-refractivity contribution in [3.8, 4) is 5.75 Å². The highest BCUT2D eigenvalue weighted by molar-refractivity contribution is 5.85. The van der Waals surface area contributed by atoms with Crippen LogP contribution in [0, 0.1) is 0 Å². The van der Waals surface area contributed by atoms with Gasteiger partial charge in [0.25, 0.3) is 0 Å². The number of rotatable bonds is 3. The molecule has 1 aromatic carbocycles. The minimum Gasteiger partial charge on any atom is -0.506 e. The van der Waals surface area contributed by atoms with E-state index in [2.05, 4.69) is 9.88 Å². The van der Waals surface area contributed by atoms with Crippen LogP contribution in [0.2, 0.25) is 0 Å². The molecule has 1 atom stereocenters. The number of anilines is 1. The van der Waals surface area contributed by atoms with Crippen molar-refractivity contribution in [1.82, 2.24) is 4.98 Å². The number of aromatic hydroxyl groups is 1. The summed E-state index contributed by atoms with van der Waals surface area (Å²) in [4.78, 5) is 6.89. The molecule has 0 amide bonds. The first-order valence-electron chi connectivity index (χ1n) is 7.26. The number of nitrogens with zero attached hydrogens (tertiary/aromatic N) is 2. The van der Waals surface area contributed by atoms with Crippen LogP contribution in [0.4, 0.5) is 5.82 Å². The van der Waals surface area contributed by atoms with E-state index in [4.69, 9.17) is 0 Å². The van der Waals surface area contributed by atoms with Crippen LogP contribution >= 0.6 is 0 Å². The van der Waals surface area contributed by atoms with Gasteiger partial charge in [-0.25, -0.2) is 4.98 Å². The zero-order valence-corrected chi connectivity index (χ0v) is 11.5. The molecule has 0 aliphatic carbocycles. The third kappa shape index (κ3) is 2.43. The molecule has 3 rings (SSSR count). The average molecular weight is 272 g/mol. The molecule has 1 aliphatic rings. The van der Waals surface area contributed by atoms with Gasteiger partial charge in [0.15, 0.2) is 0 Å². The number of phenolic OH excluding ortho intramolecular Hbond substituents is 1. The Morgan fingerprint density at radius 1 is 1.20 bits per heavy atom. The third-order valence-electron chi connectivity index (χ3n) is 4.07. The maximum absolute atomic E-state index is 9.94. The number of aromatic nitrogens is 1. The first kappa shape index (κ1) is 13.2. The van der Waals surface area contributed by atoms with Gasteiger partial charge in [-0.2, -0.15) is 0 Å². The summed E-state index contributed by atoms with van der Waals surface area (Å²) in [5.74, 6) is 1.12. The van der Waals surface area contributed by atoms with E-state index in [1.54, 1.807) is 6.07 Å². The molecule has 2 aromatic rings. The number of benzene rings is 1. The van der Waals surface area contributed by atoms with Crippen LogP contribution in [0.3, 0.4) is 0 Å². The van der Waals surface area contributed by atoms with Crippen molar-refractivity contribution in [3.05, 3.63) is 30.3 Å². The molecule has 0 bridgehead atoms. The number of piperidine rings is 1. The van der Waals surface area contributed by atoms with Crippen molar-refractivity contribution < 1.29 is 10.2 Å². The molecule has 1 saturated heterocycles. The molecule has 1 aliphatic heterocycles. The summed E-state index contributed by atoms with van der Waals surface area (Å²) in [5, 5.41) is 20.1. The molecule has 20 heavy (non-hydrogen) atoms. The van der Waals surface area contributed by atoms with E-state index in [9.17, 15) is 10.2 Å². The standard InChI is InChI=1S/C16H20N2O2/c19-11-9-13-5-1-2-10-18(13)15-8-7-12-4-3-6-14(20)16(12)17-15/h3-4,6-8,13,19-20H,1-2,5,9-11H2. The topological polar surface area (TPSA) is 56.6 Å². The van der Waals surface area contributed by atoms with Crippen LogP contribution in [0.1, 0.15) is 25.7 Å². The lowest BCUT2D eigenvalue weighted by atomic mass is 9.99. The SMILES string of the molecule is OCCC1CCCCN1c1ccc2cccc(O)c2n1. The van der Waals surface area contributed by atoms with Gasteiger partial charge in [-0.15, -0.1) is 0 Å². The first-order valence-corrected chi connectivity index (χ1v) is 7.26. The third-order valence-corrected chi connectivity index (χ3v) is 4.07. The molecule has 106 valence electrons. The number of phenols is 1. The number of hydrogen-bond acceptors (Lipinski definition) is 4. The Hall–Kier alpha value is -1.81. The minimum absolute atomic E-state index is 0.208. The molecule has 4 heteroatoms. The highest BCUT2D eigenvalue weighted by Gasteiger charge is 2.23. The summed E-state index contributed by atoms with van der Waals surface area (Å²) in [5.41, 5.74) is 0.651. The van der Waals surface area contributed by atoms with Gasteiger partial charge in [0, 0.05) is 24.6 Å². The van der Waals surface area contributed by atoms with Crippen molar-refractivity contribution >= 4 is 16.7 Å². The van der Waals surface area contributed by atoms with Gasteiger partial charge in [-0.05, 0) is 43.9 Å². The van der Waals surface area contributed by atoms with E-state index < -0.39 is 0 Å². The number of pyridine rings is 1. The fraction of sp³-hybridized carbons (Fsp3) is 0.438. The summed E-state index contributed by atoms with van der Waals surface area (Å²) >= 11 is 0. The van der Waals surface area contributed by atoms with E-state index in [0.29, 0.717) is 11.6 Å². The monoisotopic (exact) mass is 272 g/mol. The molecule has 0 saturated carbocycles. The maximum Gasteiger partial charge on any atom is 0.141 e. The minimum atomic E-state index is 0.208. The molecule has 2 N–H and O–H groups in total. The van der Waals surface area contributed by atoms with E-state index in [1.807, 2.05) is 24.3 Å². The van der Waals surface area contributed by atoms with Gasteiger partial charge in [-0.3, -0.25) is 0 Å². The second-order valence-corrected chi connectivity index (χ2v) is 5.37. The smallest absolute Gasteiger partial charge is 0.141 e. The van der Waals surface area contributed by atoms with Gasteiger partial charge in [0.1, 0.15) is 17.1 Å². The lowest BCUT2D eigenvalue weighted by molar-refractivity contribution is 0.262. The molecule has 1 aromatic heterocycles. The van der Waals surface area contributed by atoms with E-state index in [-0.39, 0.29) is 12.4 Å². The van der Waals surface area contributed by atoms with Gasteiger partial charge in [0.2, 0.25) is 0 Å². The molecule has 0 spiro atoms. The van der Waals surface area contributed by atoms with Crippen LogP contribution in [0.15, 0.2) is 30.3 Å². The molecule has 2 heterocycles. The Morgan fingerprint density at radius 3 is 2.95 bits per heavy atom. The lowest BCUT2D eigenvalue weighted by Gasteiger charge is -2.36. The normalized spacial score (nSPS) is 19.4. The zero-order valence-electron chi connectivity index (χ0n) is 11.5. The molecule has 4 nitrogen and oxygen atoms in total. The van der Waals surface area contributed by atoms with Gasteiger partial charge >= 0.3 is 0 Å². The second-order valence-electron chi connectivity index (χ2n) is 5.37. The number of hydrogen-bond donors (Lipinski definition) is 2. The van der Waals surface area contributed by atoms with Crippen molar-refractivity contribution in [2.24, 2.45) is 0 Å². The van der Waals surface area contributed by atoms with E-state index >= 15 is 0 Å². The molecule has 0 radical (unpaired) electrons. The molecule has 1 fully saturated rings. The highest BCUT2D eigenvalue weighted by Crippen LogP contribution is 2.29. The number of aliphatic hydroxyl groups is 1. The van der Waals surface area contributed by atoms with Crippen molar-refractivity contribution in [2.45, 2.75) is 31.7 Å². The van der Waals surface area contributed by atoms with Crippen molar-refractivity contribution in [3.63, 3.8) is 0 Å². The van der Waals surface area contributed by atoms with Crippen molar-refractivity contribution in [2.75, 3.05) is 18.1 Å². The largest absolute Gasteiger partial charge is 0.506 e. The highest BCUT2D eigenvalue weighted by atomic mass is 16.3. The molecular weight excluding hydrogens is 252 g/mol. The lowest BCUT2D eigenvalue weighted by Crippen LogP contribution is -2.40. The maximum atomic E-state index is 9.94. The van der Waals surface area contributed by atoms with Crippen LogP contribution in [0.25, 0.3) is 10.9 Å². The Bertz CT molecular complexity index is 598. The number of fused-ring (bicyclic) bond motifs is 1. The van der Waals surface area contributed by atoms with Crippen LogP contribution < -0.4 is 4.90 Å². The fourth-order valence-corrected chi connectivity index (χ4v) is 3.03. The summed E-state index contributed by atoms with van der Waals surface area (Å²) in [6, 6.07) is 9.81. The molecular formula is C16H20N2O2. The van der Waals surface area contributed by atoms with Crippen LogP contribution in [-0.4, -0.2) is 34.4 Å². The predicted molar refractivity (Wildman–Crippen MR) is 80.1 cm³/mol. The van der Waals surface area contributed by atoms with E-state index in [0.717, 1.165) is 37.0 Å². The van der Waals surface area contributed by atoms with E-state index in [1.165, 1.54) is 6.42 Å². The van der Waals surface area contributed by atoms with Gasteiger partial charge in [0.05, 0.1) is 0 Å². The number of para-hydroxylation sites is 1. The summed E-state index contributed by atoms with van der Waals surface area (Å²) in [6.07, 6.45) is 4.24. The van der Waals surface area contributed by atoms with Crippen molar-refractivity contribution in [1.29, 1.82) is 0 Å². The zero-order chi connectivity index (χ0) is 13.9. The Kier molecular flexibility index (Phi) is 3.74. The number of aliphatic hydroxyl groups excluding tert-OH is 1. The average Bonchev–Trinajstić information content (AvgIpc) is 2.48. The second kappa shape index (κ2) is 5.67. The fourth-order valence-electron chi connectivity index (χ4n) is 3.03. The first-order chi connectivity index (χ1) is 9.79. The predicted octanol–water partition coefficient (Wildman–Crippen LogP) is 2.68. The van der Waals surface area contributed by atoms with Crippen LogP contribution in [-0.2, 0) is 0 Å². The Labute approximate surface area is 118 Å². The molecule has 1 unspecified atom stereocenters. The summed E-state index contributed by atoms with van der Waals surface area (Å²) < 4.78 is 0. The van der Waals surface area contributed by atoms with Crippen LogP contribution in [0.5, 0.6) is 5.75 Å². The Morgan fingerprint density at radius 2 is 2.10 bits per heavy atom. The van der Waals surface area contributed by atoms with Gasteiger partial charge in [-0.1, -0.05) is 12.1 Å². The summed E-state index contributed by atoms with van der Waals surface area (Å²) in [7, 11) is 0. The summed E-state index contributed by atoms with van der Waals surface area (Å²) in [6.45, 7) is 1.18. The Balaban J connectivity index is 1.97. The van der Waals surface area contributed by atoms with Gasteiger partial charge < -0.3 is 15.1 Å². The quantitative estimate of drug-likeness (QED) is 0.902.